The summed E-state index contributed by atoms with van der Waals surface area (Å²) in [7, 11) is 3.08. The summed E-state index contributed by atoms with van der Waals surface area (Å²) in [5, 5.41) is 3.37. The van der Waals surface area contributed by atoms with Gasteiger partial charge in [-0.1, -0.05) is 0 Å². The zero-order valence-electron chi connectivity index (χ0n) is 11.7. The predicted octanol–water partition coefficient (Wildman–Crippen LogP) is 1.11. The molecule has 0 aliphatic heterocycles. The van der Waals surface area contributed by atoms with Crippen molar-refractivity contribution < 1.29 is 19.0 Å². The fraction of sp³-hybridized carbons (Fsp3) is 0.923. The normalized spacial score (nSPS) is 18.4. The van der Waals surface area contributed by atoms with Crippen molar-refractivity contribution in [2.24, 2.45) is 0 Å². The molecule has 0 radical (unpaired) electrons. The monoisotopic (exact) mass is 259 g/mol. The second-order valence-corrected chi connectivity index (χ2v) is 4.95. The third-order valence-electron chi connectivity index (χ3n) is 3.13. The number of methoxy groups -OCH3 is 2. The molecule has 1 N–H and O–H groups in total. The molecule has 0 aromatic heterocycles. The molecule has 18 heavy (non-hydrogen) atoms. The van der Waals surface area contributed by atoms with E-state index in [1.54, 1.807) is 7.11 Å². The molecule has 106 valence electrons. The van der Waals surface area contributed by atoms with Gasteiger partial charge >= 0.3 is 5.97 Å². The lowest BCUT2D eigenvalue weighted by atomic mass is 9.96. The summed E-state index contributed by atoms with van der Waals surface area (Å²) in [5.41, 5.74) is -0.583. The molecule has 0 heterocycles. The van der Waals surface area contributed by atoms with Gasteiger partial charge in [0.05, 0.1) is 20.3 Å². The number of rotatable bonds is 10. The molecular weight excluding hydrogens is 234 g/mol. The van der Waals surface area contributed by atoms with Gasteiger partial charge in [0.1, 0.15) is 5.54 Å². The maximum Gasteiger partial charge on any atom is 0.325 e. The van der Waals surface area contributed by atoms with Crippen molar-refractivity contribution in [3.8, 4) is 0 Å². The van der Waals surface area contributed by atoms with Crippen LogP contribution in [0.1, 0.15) is 32.6 Å². The van der Waals surface area contributed by atoms with Crippen LogP contribution in [0.2, 0.25) is 0 Å². The summed E-state index contributed by atoms with van der Waals surface area (Å²) in [4.78, 5) is 11.8. The van der Waals surface area contributed by atoms with Crippen molar-refractivity contribution in [3.05, 3.63) is 0 Å². The van der Waals surface area contributed by atoms with Crippen molar-refractivity contribution in [1.82, 2.24) is 5.32 Å². The average molecular weight is 259 g/mol. The molecule has 0 aromatic rings. The van der Waals surface area contributed by atoms with Gasteiger partial charge < -0.3 is 14.2 Å². The maximum atomic E-state index is 11.8. The van der Waals surface area contributed by atoms with Crippen LogP contribution in [-0.4, -0.2) is 51.6 Å². The second kappa shape index (κ2) is 7.71. The van der Waals surface area contributed by atoms with Gasteiger partial charge in [-0.25, -0.2) is 0 Å². The molecule has 5 heteroatoms. The summed E-state index contributed by atoms with van der Waals surface area (Å²) >= 11 is 0. The van der Waals surface area contributed by atoms with Crippen molar-refractivity contribution in [1.29, 1.82) is 0 Å². The van der Waals surface area contributed by atoms with Gasteiger partial charge in [0.2, 0.25) is 0 Å². The SMILES string of the molecule is COCCOCCCC(C)(NC1CC1)C(=O)OC. The fourth-order valence-electron chi connectivity index (χ4n) is 1.91. The van der Waals surface area contributed by atoms with Gasteiger partial charge in [0.15, 0.2) is 0 Å². The summed E-state index contributed by atoms with van der Waals surface area (Å²) < 4.78 is 15.2. The Hall–Kier alpha value is -0.650. The third-order valence-corrected chi connectivity index (χ3v) is 3.13. The Balaban J connectivity index is 2.25. The Morgan fingerprint density at radius 2 is 2.00 bits per heavy atom. The summed E-state index contributed by atoms with van der Waals surface area (Å²) in [6.07, 6.45) is 3.85. The molecule has 0 amide bonds. The van der Waals surface area contributed by atoms with Crippen LogP contribution in [0.5, 0.6) is 0 Å². The van der Waals surface area contributed by atoms with Crippen LogP contribution < -0.4 is 5.32 Å². The number of nitrogens with one attached hydrogen (secondary N) is 1. The molecule has 1 aliphatic carbocycles. The number of carbonyl (C=O) groups excluding carboxylic acids is 1. The average Bonchev–Trinajstić information content (AvgIpc) is 3.16. The highest BCUT2D eigenvalue weighted by atomic mass is 16.5. The highest BCUT2D eigenvalue weighted by molar-refractivity contribution is 5.80. The number of carbonyl (C=O) groups is 1. The van der Waals surface area contributed by atoms with Crippen molar-refractivity contribution >= 4 is 5.97 Å². The Bertz CT molecular complexity index is 255. The molecule has 1 unspecified atom stereocenters. The van der Waals surface area contributed by atoms with E-state index in [1.807, 2.05) is 6.92 Å². The highest BCUT2D eigenvalue weighted by Crippen LogP contribution is 2.25. The summed E-state index contributed by atoms with van der Waals surface area (Å²) in [5.74, 6) is -0.189. The van der Waals surface area contributed by atoms with E-state index in [-0.39, 0.29) is 5.97 Å². The van der Waals surface area contributed by atoms with Crippen LogP contribution in [0.4, 0.5) is 0 Å². The lowest BCUT2D eigenvalue weighted by Crippen LogP contribution is -2.51. The fourth-order valence-corrected chi connectivity index (χ4v) is 1.91. The van der Waals surface area contributed by atoms with Crippen LogP contribution in [0.25, 0.3) is 0 Å². The molecule has 0 saturated heterocycles. The number of hydrogen-bond donors (Lipinski definition) is 1. The first kappa shape index (κ1) is 15.4. The zero-order chi connectivity index (χ0) is 13.4. The highest BCUT2D eigenvalue weighted by Gasteiger charge is 2.38. The van der Waals surface area contributed by atoms with Crippen LogP contribution in [-0.2, 0) is 19.0 Å². The smallest absolute Gasteiger partial charge is 0.325 e. The predicted molar refractivity (Wildman–Crippen MR) is 68.5 cm³/mol. The topological polar surface area (TPSA) is 56.8 Å². The first-order valence-electron chi connectivity index (χ1n) is 6.55. The molecule has 1 fully saturated rings. The van der Waals surface area contributed by atoms with E-state index in [1.165, 1.54) is 7.11 Å². The molecule has 0 spiro atoms. The minimum Gasteiger partial charge on any atom is -0.468 e. The minimum absolute atomic E-state index is 0.189. The Morgan fingerprint density at radius 1 is 1.28 bits per heavy atom. The second-order valence-electron chi connectivity index (χ2n) is 4.95. The third kappa shape index (κ3) is 5.33. The number of hydrogen-bond acceptors (Lipinski definition) is 5. The van der Waals surface area contributed by atoms with E-state index in [0.29, 0.717) is 25.9 Å². The molecule has 1 rings (SSSR count). The zero-order valence-corrected chi connectivity index (χ0v) is 11.7. The van der Waals surface area contributed by atoms with Crippen molar-refractivity contribution in [2.75, 3.05) is 34.0 Å². The van der Waals surface area contributed by atoms with Crippen LogP contribution >= 0.6 is 0 Å². The van der Waals surface area contributed by atoms with Gasteiger partial charge in [-0.3, -0.25) is 10.1 Å². The molecule has 5 nitrogen and oxygen atoms in total. The lowest BCUT2D eigenvalue weighted by Gasteiger charge is -2.28. The minimum atomic E-state index is -0.583. The Kier molecular flexibility index (Phi) is 6.60. The van der Waals surface area contributed by atoms with Crippen LogP contribution in [0.3, 0.4) is 0 Å². The largest absolute Gasteiger partial charge is 0.468 e. The standard InChI is InChI=1S/C13H25NO4/c1-13(12(15)17-3,14-11-5-6-11)7-4-8-18-10-9-16-2/h11,14H,4-10H2,1-3H3. The first-order chi connectivity index (χ1) is 8.62. The lowest BCUT2D eigenvalue weighted by molar-refractivity contribution is -0.148. The molecule has 1 saturated carbocycles. The van der Waals surface area contributed by atoms with E-state index in [4.69, 9.17) is 14.2 Å². The van der Waals surface area contributed by atoms with Crippen molar-refractivity contribution in [3.63, 3.8) is 0 Å². The molecule has 1 aliphatic rings. The van der Waals surface area contributed by atoms with Gasteiger partial charge in [0.25, 0.3) is 0 Å². The molecular formula is C13H25NO4. The van der Waals surface area contributed by atoms with E-state index in [0.717, 1.165) is 25.7 Å². The molecule has 1 atom stereocenters. The van der Waals surface area contributed by atoms with Crippen molar-refractivity contribution in [2.45, 2.75) is 44.2 Å². The molecule has 0 aromatic carbocycles. The molecule has 0 bridgehead atoms. The van der Waals surface area contributed by atoms with E-state index >= 15 is 0 Å². The first-order valence-corrected chi connectivity index (χ1v) is 6.55. The van der Waals surface area contributed by atoms with E-state index in [9.17, 15) is 4.79 Å². The van der Waals surface area contributed by atoms with E-state index in [2.05, 4.69) is 5.32 Å². The van der Waals surface area contributed by atoms with Crippen LogP contribution in [0.15, 0.2) is 0 Å². The summed E-state index contributed by atoms with van der Waals surface area (Å²) in [6, 6.07) is 0.475. The quantitative estimate of drug-likeness (QED) is 0.470. The Labute approximate surface area is 109 Å². The van der Waals surface area contributed by atoms with Gasteiger partial charge in [-0.2, -0.15) is 0 Å². The van der Waals surface area contributed by atoms with E-state index < -0.39 is 5.54 Å². The van der Waals surface area contributed by atoms with Gasteiger partial charge in [0, 0.05) is 19.8 Å². The number of ether oxygens (including phenoxy) is 3. The maximum absolute atomic E-state index is 11.8. The Morgan fingerprint density at radius 3 is 2.56 bits per heavy atom. The van der Waals surface area contributed by atoms with Gasteiger partial charge in [-0.15, -0.1) is 0 Å². The van der Waals surface area contributed by atoms with Gasteiger partial charge in [-0.05, 0) is 32.6 Å². The number of esters is 1. The van der Waals surface area contributed by atoms with Crippen LogP contribution in [0, 0.1) is 0 Å². The summed E-state index contributed by atoms with van der Waals surface area (Å²) in [6.45, 7) is 3.75.